The van der Waals surface area contributed by atoms with Crippen LogP contribution >= 0.6 is 0 Å². The molecule has 0 saturated carbocycles. The lowest BCUT2D eigenvalue weighted by Crippen LogP contribution is -2.42. The van der Waals surface area contributed by atoms with E-state index in [-0.39, 0.29) is 19.4 Å². The van der Waals surface area contributed by atoms with E-state index in [1.165, 1.54) is 0 Å². The van der Waals surface area contributed by atoms with Gasteiger partial charge in [-0.25, -0.2) is 0 Å². The third-order valence-corrected chi connectivity index (χ3v) is 2.39. The Morgan fingerprint density at radius 2 is 1.75 bits per heavy atom. The summed E-state index contributed by atoms with van der Waals surface area (Å²) in [6, 6.07) is 0.368. The smallest absolute Gasteiger partial charge is 0.152 e. The Morgan fingerprint density at radius 1 is 1.19 bits per heavy atom. The minimum atomic E-state index is 0. The van der Waals surface area contributed by atoms with E-state index in [1.807, 2.05) is 13.8 Å². The molecule has 0 saturated heterocycles. The first-order valence-corrected chi connectivity index (χ1v) is 5.98. The van der Waals surface area contributed by atoms with Crippen LogP contribution in [0, 0.1) is 5.92 Å². The monoisotopic (exact) mass is 230 g/mol. The number of unbranched alkanes of at least 4 members (excludes halogenated alkanes) is 1. The molecule has 1 unspecified atom stereocenters. The predicted molar refractivity (Wildman–Crippen MR) is 71.5 cm³/mol. The van der Waals surface area contributed by atoms with Crippen LogP contribution in [0.4, 0.5) is 0 Å². The average Bonchev–Trinajstić information content (AvgIpc) is 2.14. The largest absolute Gasteiger partial charge is 0.330 e. The molecule has 0 fully saturated rings. The summed E-state index contributed by atoms with van der Waals surface area (Å²) in [6.45, 7) is 8.78. The number of ketones is 1. The van der Waals surface area contributed by atoms with Gasteiger partial charge in [-0.15, -0.1) is 0 Å². The maximum Gasteiger partial charge on any atom is 0.152 e. The molecule has 0 aromatic heterocycles. The van der Waals surface area contributed by atoms with Crippen LogP contribution in [0.5, 0.6) is 0 Å². The number of nitrogens with two attached hydrogens (primary N) is 1. The second kappa shape index (κ2) is 9.79. The quantitative estimate of drug-likeness (QED) is 0.629. The Kier molecular flexibility index (Phi) is 11.0. The Hall–Kier alpha value is -0.410. The van der Waals surface area contributed by atoms with Crippen molar-refractivity contribution in [3.63, 3.8) is 0 Å². The molecule has 1 atom stereocenters. The summed E-state index contributed by atoms with van der Waals surface area (Å²) < 4.78 is 0. The maximum absolute atomic E-state index is 11.9. The molecule has 0 spiro atoms. The number of hydrogen-bond donors (Lipinski definition) is 2. The molecule has 0 aliphatic rings. The van der Waals surface area contributed by atoms with Crippen LogP contribution in [0.15, 0.2) is 0 Å². The van der Waals surface area contributed by atoms with Crippen LogP contribution in [0.3, 0.4) is 0 Å². The second-order valence-electron chi connectivity index (χ2n) is 4.72. The molecule has 0 aliphatic heterocycles. The number of nitrogens with one attached hydrogen (secondary N) is 1. The van der Waals surface area contributed by atoms with Gasteiger partial charge in [0.1, 0.15) is 0 Å². The first-order chi connectivity index (χ1) is 6.99. The molecule has 0 radical (unpaired) electrons. The molecule has 0 heterocycles. The van der Waals surface area contributed by atoms with Crippen molar-refractivity contribution in [3.05, 3.63) is 0 Å². The van der Waals surface area contributed by atoms with Crippen molar-refractivity contribution in [3.8, 4) is 0 Å². The van der Waals surface area contributed by atoms with Gasteiger partial charge in [-0.2, -0.15) is 0 Å². The molecule has 0 aromatic carbocycles. The lowest BCUT2D eigenvalue weighted by Gasteiger charge is -2.21. The third kappa shape index (κ3) is 7.83. The fraction of sp³-hybridized carbons (Fsp3) is 0.923. The Morgan fingerprint density at radius 3 is 2.12 bits per heavy atom. The molecule has 0 aromatic rings. The van der Waals surface area contributed by atoms with Gasteiger partial charge in [-0.05, 0) is 19.4 Å². The van der Waals surface area contributed by atoms with E-state index < -0.39 is 0 Å². The first-order valence-electron chi connectivity index (χ1n) is 5.98. The molecule has 16 heavy (non-hydrogen) atoms. The summed E-state index contributed by atoms with van der Waals surface area (Å²) in [5.74, 6) is 0.430. The number of carbonyl (C=O) groups is 1. The molecule has 3 nitrogen and oxygen atoms in total. The summed E-state index contributed by atoms with van der Waals surface area (Å²) in [5, 5.41) is 3.33. The molecular weight excluding hydrogens is 200 g/mol. The van der Waals surface area contributed by atoms with Crippen LogP contribution in [0.2, 0.25) is 0 Å². The Balaban J connectivity index is 0. The number of Topliss-reactive ketones (excluding diaryl/α,β-unsaturated/α-hetero) is 1. The van der Waals surface area contributed by atoms with E-state index in [2.05, 4.69) is 19.2 Å². The molecule has 0 aliphatic carbocycles. The van der Waals surface area contributed by atoms with Crippen molar-refractivity contribution in [2.24, 2.45) is 11.7 Å². The fourth-order valence-electron chi connectivity index (χ4n) is 1.61. The molecule has 0 bridgehead atoms. The second-order valence-corrected chi connectivity index (χ2v) is 4.72. The first kappa shape index (κ1) is 18.0. The highest BCUT2D eigenvalue weighted by atomic mass is 16.1. The zero-order valence-electron chi connectivity index (χ0n) is 10.5. The van der Waals surface area contributed by atoms with Crippen molar-refractivity contribution < 1.29 is 4.79 Å². The number of hydrogen-bond acceptors (Lipinski definition) is 3. The van der Waals surface area contributed by atoms with Crippen LogP contribution in [0.1, 0.15) is 54.4 Å². The molecule has 3 N–H and O–H groups in total. The molecule has 0 rings (SSSR count). The Labute approximate surface area is 101 Å². The summed E-state index contributed by atoms with van der Waals surface area (Å²) in [5.41, 5.74) is 5.45. The summed E-state index contributed by atoms with van der Waals surface area (Å²) in [4.78, 5) is 11.9. The third-order valence-electron chi connectivity index (χ3n) is 2.39. The standard InChI is InChI=1S/C12H26N2O.CH4/c1-9(2)12(15)11(14-10(3)4)7-5-6-8-13;/h9-11,14H,5-8,13H2,1-4H3;1H4. The van der Waals surface area contributed by atoms with Crippen LogP contribution in [0.25, 0.3) is 0 Å². The van der Waals surface area contributed by atoms with Crippen molar-refractivity contribution in [1.82, 2.24) is 5.32 Å². The van der Waals surface area contributed by atoms with Gasteiger partial charge in [0.2, 0.25) is 0 Å². The van der Waals surface area contributed by atoms with Crippen molar-refractivity contribution in [2.45, 2.75) is 66.5 Å². The van der Waals surface area contributed by atoms with Crippen molar-refractivity contribution in [2.75, 3.05) is 6.54 Å². The topological polar surface area (TPSA) is 55.1 Å². The van der Waals surface area contributed by atoms with E-state index in [9.17, 15) is 4.79 Å². The van der Waals surface area contributed by atoms with E-state index in [0.29, 0.717) is 18.4 Å². The zero-order chi connectivity index (χ0) is 11.8. The maximum atomic E-state index is 11.9. The molecular formula is C13H30N2O. The van der Waals surface area contributed by atoms with Gasteiger partial charge in [-0.1, -0.05) is 41.5 Å². The van der Waals surface area contributed by atoms with E-state index >= 15 is 0 Å². The summed E-state index contributed by atoms with van der Waals surface area (Å²) in [7, 11) is 0. The SMILES string of the molecule is C.CC(C)NC(CCCCN)C(=O)C(C)C. The van der Waals surface area contributed by atoms with Gasteiger partial charge < -0.3 is 11.1 Å². The summed E-state index contributed by atoms with van der Waals surface area (Å²) >= 11 is 0. The Bertz CT molecular complexity index is 179. The van der Waals surface area contributed by atoms with Crippen molar-refractivity contribution >= 4 is 5.78 Å². The van der Waals surface area contributed by atoms with Crippen LogP contribution in [-0.2, 0) is 4.79 Å². The van der Waals surface area contributed by atoms with Crippen molar-refractivity contribution in [1.29, 1.82) is 0 Å². The van der Waals surface area contributed by atoms with Gasteiger partial charge in [0.15, 0.2) is 5.78 Å². The normalized spacial score (nSPS) is 12.7. The van der Waals surface area contributed by atoms with Gasteiger partial charge in [0, 0.05) is 12.0 Å². The highest BCUT2D eigenvalue weighted by molar-refractivity contribution is 5.85. The fourth-order valence-corrected chi connectivity index (χ4v) is 1.61. The van der Waals surface area contributed by atoms with Gasteiger partial charge >= 0.3 is 0 Å². The highest BCUT2D eigenvalue weighted by Crippen LogP contribution is 2.08. The number of rotatable bonds is 8. The molecule has 98 valence electrons. The molecule has 3 heteroatoms. The lowest BCUT2D eigenvalue weighted by atomic mass is 9.96. The van der Waals surface area contributed by atoms with E-state index in [0.717, 1.165) is 19.3 Å². The van der Waals surface area contributed by atoms with Crippen LogP contribution < -0.4 is 11.1 Å². The van der Waals surface area contributed by atoms with Gasteiger partial charge in [0.25, 0.3) is 0 Å². The highest BCUT2D eigenvalue weighted by Gasteiger charge is 2.20. The zero-order valence-corrected chi connectivity index (χ0v) is 10.5. The predicted octanol–water partition coefficient (Wildman–Crippen LogP) is 2.34. The number of carbonyl (C=O) groups excluding carboxylic acids is 1. The summed E-state index contributed by atoms with van der Waals surface area (Å²) in [6.07, 6.45) is 2.94. The molecule has 0 amide bonds. The minimum Gasteiger partial charge on any atom is -0.330 e. The van der Waals surface area contributed by atoms with Crippen LogP contribution in [-0.4, -0.2) is 24.4 Å². The van der Waals surface area contributed by atoms with Gasteiger partial charge in [0.05, 0.1) is 6.04 Å². The van der Waals surface area contributed by atoms with Gasteiger partial charge in [-0.3, -0.25) is 4.79 Å². The lowest BCUT2D eigenvalue weighted by molar-refractivity contribution is -0.124. The average molecular weight is 230 g/mol. The minimum absolute atomic E-state index is 0. The van der Waals surface area contributed by atoms with E-state index in [1.54, 1.807) is 0 Å². The van der Waals surface area contributed by atoms with E-state index in [4.69, 9.17) is 5.73 Å².